The molecule has 1 N–H and O–H groups in total. The topological polar surface area (TPSA) is 29.1 Å². The lowest BCUT2D eigenvalue weighted by Gasteiger charge is -2.04. The van der Waals surface area contributed by atoms with Crippen molar-refractivity contribution < 1.29 is 4.21 Å². The SMILES string of the molecule is C/C(=C/c1ccccc1)CNCCS(C)=O. The highest BCUT2D eigenvalue weighted by atomic mass is 32.2. The van der Waals surface area contributed by atoms with Crippen molar-refractivity contribution >= 4 is 16.9 Å². The first-order chi connectivity index (χ1) is 7.68. The van der Waals surface area contributed by atoms with E-state index in [1.54, 1.807) is 6.26 Å². The molecule has 0 aliphatic carbocycles. The monoisotopic (exact) mass is 237 g/mol. The van der Waals surface area contributed by atoms with Crippen LogP contribution in [0.2, 0.25) is 0 Å². The van der Waals surface area contributed by atoms with Gasteiger partial charge in [0.25, 0.3) is 0 Å². The van der Waals surface area contributed by atoms with Crippen molar-refractivity contribution in [1.29, 1.82) is 0 Å². The summed E-state index contributed by atoms with van der Waals surface area (Å²) in [5.74, 6) is 0.721. The summed E-state index contributed by atoms with van der Waals surface area (Å²) in [6.07, 6.45) is 3.89. The molecular formula is C13H19NOS. The Morgan fingerprint density at radius 2 is 2.06 bits per heavy atom. The second-order valence-corrected chi connectivity index (χ2v) is 5.41. The summed E-state index contributed by atoms with van der Waals surface area (Å²) in [6.45, 7) is 3.76. The van der Waals surface area contributed by atoms with Crippen LogP contribution < -0.4 is 5.32 Å². The van der Waals surface area contributed by atoms with Crippen LogP contribution in [-0.2, 0) is 10.8 Å². The molecular weight excluding hydrogens is 218 g/mol. The maximum Gasteiger partial charge on any atom is 0.0357 e. The first kappa shape index (κ1) is 13.1. The van der Waals surface area contributed by atoms with E-state index in [9.17, 15) is 4.21 Å². The van der Waals surface area contributed by atoms with Crippen LogP contribution in [0.4, 0.5) is 0 Å². The van der Waals surface area contributed by atoms with Gasteiger partial charge in [-0.15, -0.1) is 0 Å². The number of benzene rings is 1. The van der Waals surface area contributed by atoms with Gasteiger partial charge in [-0.1, -0.05) is 42.0 Å². The van der Waals surface area contributed by atoms with Crippen molar-refractivity contribution in [2.75, 3.05) is 25.1 Å². The second-order valence-electron chi connectivity index (χ2n) is 3.86. The molecule has 1 atom stereocenters. The minimum Gasteiger partial charge on any atom is -0.312 e. The summed E-state index contributed by atoms with van der Waals surface area (Å²) in [5.41, 5.74) is 2.51. The van der Waals surface area contributed by atoms with Gasteiger partial charge < -0.3 is 5.32 Å². The third kappa shape index (κ3) is 5.83. The molecule has 0 aromatic heterocycles. The second kappa shape index (κ2) is 7.36. The molecule has 0 radical (unpaired) electrons. The van der Waals surface area contributed by atoms with Gasteiger partial charge in [0, 0.05) is 35.9 Å². The third-order valence-electron chi connectivity index (χ3n) is 2.18. The molecule has 0 heterocycles. The van der Waals surface area contributed by atoms with Gasteiger partial charge >= 0.3 is 0 Å². The molecule has 3 heteroatoms. The normalized spacial score (nSPS) is 13.8. The average Bonchev–Trinajstić information content (AvgIpc) is 2.25. The molecule has 1 unspecified atom stereocenters. The van der Waals surface area contributed by atoms with Crippen molar-refractivity contribution in [1.82, 2.24) is 5.32 Å². The van der Waals surface area contributed by atoms with Gasteiger partial charge in [0.2, 0.25) is 0 Å². The molecule has 0 fully saturated rings. The van der Waals surface area contributed by atoms with Gasteiger partial charge in [0.05, 0.1) is 0 Å². The largest absolute Gasteiger partial charge is 0.312 e. The zero-order valence-corrected chi connectivity index (χ0v) is 10.7. The third-order valence-corrected chi connectivity index (χ3v) is 2.96. The molecule has 0 aliphatic rings. The summed E-state index contributed by atoms with van der Waals surface area (Å²) in [6, 6.07) is 10.3. The highest BCUT2D eigenvalue weighted by Crippen LogP contribution is 2.04. The first-order valence-corrected chi connectivity index (χ1v) is 7.14. The predicted octanol–water partition coefficient (Wildman–Crippen LogP) is 2.06. The lowest BCUT2D eigenvalue weighted by Crippen LogP contribution is -2.21. The minimum atomic E-state index is -0.700. The van der Waals surface area contributed by atoms with Crippen LogP contribution in [0.25, 0.3) is 6.08 Å². The summed E-state index contributed by atoms with van der Waals surface area (Å²) < 4.78 is 10.8. The lowest BCUT2D eigenvalue weighted by molar-refractivity contribution is 0.681. The Labute approximate surface area is 100 Å². The minimum absolute atomic E-state index is 0.700. The summed E-state index contributed by atoms with van der Waals surface area (Å²) in [7, 11) is -0.700. The molecule has 0 saturated heterocycles. The van der Waals surface area contributed by atoms with Crippen LogP contribution in [0.5, 0.6) is 0 Å². The molecule has 0 saturated carbocycles. The first-order valence-electron chi connectivity index (χ1n) is 5.41. The van der Waals surface area contributed by atoms with Crippen LogP contribution in [0.15, 0.2) is 35.9 Å². The van der Waals surface area contributed by atoms with Crippen LogP contribution in [-0.4, -0.2) is 29.3 Å². The van der Waals surface area contributed by atoms with E-state index in [1.165, 1.54) is 11.1 Å². The molecule has 0 aliphatic heterocycles. The zero-order chi connectivity index (χ0) is 11.8. The van der Waals surface area contributed by atoms with Gasteiger partial charge in [0.15, 0.2) is 0 Å². The van der Waals surface area contributed by atoms with E-state index in [4.69, 9.17) is 0 Å². The molecule has 0 amide bonds. The van der Waals surface area contributed by atoms with Crippen molar-refractivity contribution in [3.05, 3.63) is 41.5 Å². The van der Waals surface area contributed by atoms with E-state index in [-0.39, 0.29) is 0 Å². The highest BCUT2D eigenvalue weighted by molar-refractivity contribution is 7.84. The van der Waals surface area contributed by atoms with E-state index in [1.807, 2.05) is 18.2 Å². The Bertz CT molecular complexity index is 359. The zero-order valence-electron chi connectivity index (χ0n) is 9.90. The Kier molecular flexibility index (Phi) is 6.04. The van der Waals surface area contributed by atoms with Gasteiger partial charge in [-0.3, -0.25) is 4.21 Å². The fourth-order valence-corrected chi connectivity index (χ4v) is 1.82. The molecule has 1 rings (SSSR count). The van der Waals surface area contributed by atoms with Crippen LogP contribution in [0, 0.1) is 0 Å². The van der Waals surface area contributed by atoms with E-state index < -0.39 is 10.8 Å². The Balaban J connectivity index is 2.32. The maximum atomic E-state index is 10.8. The summed E-state index contributed by atoms with van der Waals surface area (Å²) in [5, 5.41) is 3.28. The number of hydrogen-bond donors (Lipinski definition) is 1. The quantitative estimate of drug-likeness (QED) is 0.767. The molecule has 1 aromatic rings. The van der Waals surface area contributed by atoms with Crippen molar-refractivity contribution in [3.8, 4) is 0 Å². The van der Waals surface area contributed by atoms with Crippen LogP contribution in [0.3, 0.4) is 0 Å². The van der Waals surface area contributed by atoms with Crippen molar-refractivity contribution in [2.45, 2.75) is 6.92 Å². The smallest absolute Gasteiger partial charge is 0.0357 e. The Morgan fingerprint density at radius 1 is 1.38 bits per heavy atom. The van der Waals surface area contributed by atoms with Gasteiger partial charge in [-0.05, 0) is 12.5 Å². The number of nitrogens with one attached hydrogen (secondary N) is 1. The van der Waals surface area contributed by atoms with Gasteiger partial charge in [-0.2, -0.15) is 0 Å². The van der Waals surface area contributed by atoms with E-state index in [0.29, 0.717) is 0 Å². The van der Waals surface area contributed by atoms with Gasteiger partial charge in [0.1, 0.15) is 0 Å². The number of hydrogen-bond acceptors (Lipinski definition) is 2. The summed E-state index contributed by atoms with van der Waals surface area (Å²) >= 11 is 0. The summed E-state index contributed by atoms with van der Waals surface area (Å²) in [4.78, 5) is 0. The molecule has 2 nitrogen and oxygen atoms in total. The fourth-order valence-electron chi connectivity index (χ4n) is 1.39. The maximum absolute atomic E-state index is 10.8. The van der Waals surface area contributed by atoms with Crippen molar-refractivity contribution in [2.24, 2.45) is 0 Å². The average molecular weight is 237 g/mol. The molecule has 0 spiro atoms. The molecule has 0 bridgehead atoms. The predicted molar refractivity (Wildman–Crippen MR) is 71.9 cm³/mol. The Morgan fingerprint density at radius 3 is 2.69 bits per heavy atom. The van der Waals surface area contributed by atoms with Crippen LogP contribution in [0.1, 0.15) is 12.5 Å². The van der Waals surface area contributed by atoms with E-state index >= 15 is 0 Å². The molecule has 88 valence electrons. The van der Waals surface area contributed by atoms with E-state index in [2.05, 4.69) is 30.4 Å². The number of rotatable bonds is 6. The van der Waals surface area contributed by atoms with Gasteiger partial charge in [-0.25, -0.2) is 0 Å². The van der Waals surface area contributed by atoms with E-state index in [0.717, 1.165) is 18.8 Å². The Hall–Kier alpha value is -0.930. The molecule has 16 heavy (non-hydrogen) atoms. The standard InChI is InChI=1S/C13H19NOS/c1-12(11-14-8-9-16(2)15)10-13-6-4-3-5-7-13/h3-7,10,14H,8-9,11H2,1-2H3/b12-10-. The lowest BCUT2D eigenvalue weighted by atomic mass is 10.1. The van der Waals surface area contributed by atoms with Crippen LogP contribution >= 0.6 is 0 Å². The fraction of sp³-hybridized carbons (Fsp3) is 0.385. The molecule has 1 aromatic carbocycles. The highest BCUT2D eigenvalue weighted by Gasteiger charge is 1.93. The van der Waals surface area contributed by atoms with Crippen molar-refractivity contribution in [3.63, 3.8) is 0 Å².